The van der Waals surface area contributed by atoms with Crippen LogP contribution >= 0.6 is 23.1 Å². The quantitative estimate of drug-likeness (QED) is 0.251. The molecule has 29 heavy (non-hydrogen) atoms. The Morgan fingerprint density at radius 1 is 1.24 bits per heavy atom. The maximum Gasteiger partial charge on any atom is 0.265 e. The molecule has 0 unspecified atom stereocenters. The molecule has 2 aromatic rings. The lowest BCUT2D eigenvalue weighted by molar-refractivity contribution is -0.117. The number of nitriles is 1. The van der Waals surface area contributed by atoms with Crippen LogP contribution in [0.3, 0.4) is 0 Å². The summed E-state index contributed by atoms with van der Waals surface area (Å²) in [5.41, 5.74) is 0.636. The first-order valence-electron chi connectivity index (χ1n) is 9.53. The van der Waals surface area contributed by atoms with Crippen LogP contribution in [0.4, 0.5) is 5.13 Å². The van der Waals surface area contributed by atoms with Gasteiger partial charge in [0.15, 0.2) is 9.91 Å². The molecule has 1 amide bonds. The van der Waals surface area contributed by atoms with Crippen molar-refractivity contribution in [1.82, 2.24) is 15.5 Å². The van der Waals surface area contributed by atoms with Gasteiger partial charge >= 0.3 is 0 Å². The van der Waals surface area contributed by atoms with Gasteiger partial charge in [0.2, 0.25) is 5.13 Å². The average molecular weight is 430 g/mol. The van der Waals surface area contributed by atoms with Crippen LogP contribution in [0.5, 0.6) is 0 Å². The Morgan fingerprint density at radius 2 is 2.00 bits per heavy atom. The molecule has 1 fully saturated rings. The number of anilines is 1. The van der Waals surface area contributed by atoms with Crippen molar-refractivity contribution in [2.75, 3.05) is 11.1 Å². The minimum atomic E-state index is -0.591. The van der Waals surface area contributed by atoms with Crippen molar-refractivity contribution in [3.05, 3.63) is 47.2 Å². The van der Waals surface area contributed by atoms with Gasteiger partial charge in [-0.3, -0.25) is 4.79 Å². The molecule has 0 spiro atoms. The topological polar surface area (TPSA) is 111 Å². The number of hydrogen-bond donors (Lipinski definition) is 3. The zero-order chi connectivity index (χ0) is 20.5. The highest BCUT2D eigenvalue weighted by atomic mass is 32.2. The second-order valence-corrected chi connectivity index (χ2v) is 8.94. The van der Waals surface area contributed by atoms with Gasteiger partial charge in [-0.25, -0.2) is 0 Å². The smallest absolute Gasteiger partial charge is 0.265 e. The number of aliphatic hydroxyl groups excluding tert-OH is 1. The van der Waals surface area contributed by atoms with Crippen LogP contribution < -0.4 is 10.6 Å². The third-order valence-corrected chi connectivity index (χ3v) is 6.59. The lowest BCUT2D eigenvalue weighted by atomic mass is 9.96. The van der Waals surface area contributed by atoms with E-state index < -0.39 is 5.91 Å². The van der Waals surface area contributed by atoms with E-state index in [-0.39, 0.29) is 23.6 Å². The summed E-state index contributed by atoms with van der Waals surface area (Å²) < 4.78 is 0.678. The number of aliphatic hydroxyl groups is 1. The van der Waals surface area contributed by atoms with Crippen molar-refractivity contribution in [1.29, 1.82) is 5.26 Å². The molecule has 0 saturated heterocycles. The van der Waals surface area contributed by atoms with Crippen molar-refractivity contribution in [2.24, 2.45) is 0 Å². The number of nitrogens with zero attached hydrogens (tertiary/aromatic N) is 3. The van der Waals surface area contributed by atoms with E-state index in [4.69, 9.17) is 0 Å². The molecule has 1 aromatic carbocycles. The van der Waals surface area contributed by atoms with E-state index in [1.165, 1.54) is 42.4 Å². The van der Waals surface area contributed by atoms with E-state index in [0.29, 0.717) is 10.4 Å². The summed E-state index contributed by atoms with van der Waals surface area (Å²) >= 11 is 2.67. The first-order valence-corrected chi connectivity index (χ1v) is 11.3. The number of benzene rings is 1. The normalized spacial score (nSPS) is 15.3. The molecule has 1 saturated carbocycles. The standard InChI is InChI=1S/C20H23N5O2S2/c21-11-16(18(27)22-12-14-7-3-1-4-8-14)17(26)13-28-20-25-24-19(29-20)23-15-9-5-2-6-10-15/h1,3-4,7-8,15,26H,2,5-6,9-10,12-13H2,(H,22,27)(H,23,24)/b17-16-. The molecule has 0 aliphatic heterocycles. The van der Waals surface area contributed by atoms with Crippen LogP contribution in [0.25, 0.3) is 0 Å². The lowest BCUT2D eigenvalue weighted by Gasteiger charge is -2.21. The third-order valence-electron chi connectivity index (χ3n) is 4.59. The number of thioether (sulfide) groups is 1. The van der Waals surface area contributed by atoms with E-state index >= 15 is 0 Å². The molecule has 152 valence electrons. The zero-order valence-electron chi connectivity index (χ0n) is 15.9. The van der Waals surface area contributed by atoms with Gasteiger partial charge < -0.3 is 15.7 Å². The monoisotopic (exact) mass is 429 g/mol. The predicted octanol–water partition coefficient (Wildman–Crippen LogP) is 4.03. The fraction of sp³-hybridized carbons (Fsp3) is 0.400. The molecule has 1 aliphatic carbocycles. The zero-order valence-corrected chi connectivity index (χ0v) is 17.6. The molecule has 0 atom stereocenters. The molecule has 0 radical (unpaired) electrons. The summed E-state index contributed by atoms with van der Waals surface area (Å²) in [6.07, 6.45) is 6.06. The van der Waals surface area contributed by atoms with E-state index in [0.717, 1.165) is 23.5 Å². The van der Waals surface area contributed by atoms with E-state index in [1.54, 1.807) is 6.07 Å². The van der Waals surface area contributed by atoms with Gasteiger partial charge in [-0.05, 0) is 18.4 Å². The number of hydrogen-bond acceptors (Lipinski definition) is 8. The maximum absolute atomic E-state index is 12.2. The maximum atomic E-state index is 12.2. The number of aromatic nitrogens is 2. The molecule has 9 heteroatoms. The lowest BCUT2D eigenvalue weighted by Crippen LogP contribution is -2.25. The molecule has 7 nitrogen and oxygen atoms in total. The Bertz CT molecular complexity index is 886. The van der Waals surface area contributed by atoms with Gasteiger partial charge in [-0.1, -0.05) is 72.7 Å². The Balaban J connectivity index is 1.51. The number of nitrogens with one attached hydrogen (secondary N) is 2. The second-order valence-electron chi connectivity index (χ2n) is 6.74. The predicted molar refractivity (Wildman–Crippen MR) is 115 cm³/mol. The Morgan fingerprint density at radius 3 is 2.72 bits per heavy atom. The Hall–Kier alpha value is -2.57. The Kier molecular flexibility index (Phi) is 7.90. The minimum Gasteiger partial charge on any atom is -0.510 e. The first kappa shape index (κ1) is 21.1. The number of amides is 1. The second kappa shape index (κ2) is 10.8. The van der Waals surface area contributed by atoms with Crippen molar-refractivity contribution >= 4 is 34.1 Å². The summed E-state index contributed by atoms with van der Waals surface area (Å²) in [4.78, 5) is 12.2. The van der Waals surface area contributed by atoms with Gasteiger partial charge in [0.25, 0.3) is 5.91 Å². The van der Waals surface area contributed by atoms with Crippen molar-refractivity contribution in [3.63, 3.8) is 0 Å². The summed E-state index contributed by atoms with van der Waals surface area (Å²) in [5.74, 6) is -0.772. The summed E-state index contributed by atoms with van der Waals surface area (Å²) in [7, 11) is 0. The van der Waals surface area contributed by atoms with Crippen LogP contribution in [0, 0.1) is 11.3 Å². The van der Waals surface area contributed by atoms with Crippen LogP contribution in [-0.4, -0.2) is 33.0 Å². The molecule has 1 aliphatic rings. The van der Waals surface area contributed by atoms with Gasteiger partial charge in [0.05, 0.1) is 5.75 Å². The molecular weight excluding hydrogens is 406 g/mol. The molecular formula is C20H23N5O2S2. The summed E-state index contributed by atoms with van der Waals surface area (Å²) in [5, 5.41) is 34.6. The molecule has 3 rings (SSSR count). The van der Waals surface area contributed by atoms with Gasteiger partial charge in [0, 0.05) is 12.6 Å². The number of carbonyl (C=O) groups excluding carboxylic acids is 1. The summed E-state index contributed by atoms with van der Waals surface area (Å²) in [6, 6.07) is 11.6. The van der Waals surface area contributed by atoms with Gasteiger partial charge in [-0.15, -0.1) is 10.2 Å². The molecule has 1 aromatic heterocycles. The van der Waals surface area contributed by atoms with E-state index in [2.05, 4.69) is 20.8 Å². The Labute approximate surface area is 178 Å². The minimum absolute atomic E-state index is 0.0830. The van der Waals surface area contributed by atoms with Gasteiger partial charge in [0.1, 0.15) is 11.8 Å². The van der Waals surface area contributed by atoms with Crippen LogP contribution in [0.15, 0.2) is 46.0 Å². The highest BCUT2D eigenvalue weighted by Crippen LogP contribution is 2.29. The third kappa shape index (κ3) is 6.48. The fourth-order valence-corrected chi connectivity index (χ4v) is 4.77. The van der Waals surface area contributed by atoms with Crippen molar-refractivity contribution < 1.29 is 9.90 Å². The fourth-order valence-electron chi connectivity index (χ4n) is 3.06. The number of carbonyl (C=O) groups is 1. The van der Waals surface area contributed by atoms with Crippen molar-refractivity contribution in [3.8, 4) is 6.07 Å². The van der Waals surface area contributed by atoms with Crippen LogP contribution in [0.2, 0.25) is 0 Å². The highest BCUT2D eigenvalue weighted by Gasteiger charge is 2.17. The number of rotatable bonds is 8. The van der Waals surface area contributed by atoms with Gasteiger partial charge in [-0.2, -0.15) is 5.26 Å². The highest BCUT2D eigenvalue weighted by molar-refractivity contribution is 8.01. The van der Waals surface area contributed by atoms with E-state index in [1.807, 2.05) is 30.3 Å². The molecule has 1 heterocycles. The largest absolute Gasteiger partial charge is 0.510 e. The molecule has 3 N–H and O–H groups in total. The van der Waals surface area contributed by atoms with Crippen LogP contribution in [0.1, 0.15) is 37.7 Å². The summed E-state index contributed by atoms with van der Waals surface area (Å²) in [6.45, 7) is 0.290. The first-order chi connectivity index (χ1) is 14.2. The molecule has 0 bridgehead atoms. The van der Waals surface area contributed by atoms with Crippen LogP contribution in [-0.2, 0) is 11.3 Å². The van der Waals surface area contributed by atoms with Crippen molar-refractivity contribution in [2.45, 2.75) is 49.0 Å². The van der Waals surface area contributed by atoms with E-state index in [9.17, 15) is 15.2 Å². The average Bonchev–Trinajstić information content (AvgIpc) is 3.20. The SMILES string of the molecule is N#C/C(C(=O)NCc1ccccc1)=C(/O)CSc1nnc(NC2CCCCC2)s1.